The average molecular weight is 285 g/mol. The number of carbonyl (C=O) groups is 1. The van der Waals surface area contributed by atoms with Gasteiger partial charge in [0.25, 0.3) is 0 Å². The molecule has 0 atom stereocenters. The Bertz CT molecular complexity index is 614. The fourth-order valence-corrected chi connectivity index (χ4v) is 1.94. The van der Waals surface area contributed by atoms with Crippen molar-refractivity contribution in [2.24, 2.45) is 0 Å². The molecule has 110 valence electrons. The summed E-state index contributed by atoms with van der Waals surface area (Å²) in [6, 6.07) is 13.1. The number of hydrogen-bond donors (Lipinski definition) is 2. The van der Waals surface area contributed by atoms with Crippen molar-refractivity contribution in [1.82, 2.24) is 10.3 Å². The normalized spacial score (nSPS) is 10.2. The first kappa shape index (κ1) is 15.0. The zero-order valence-corrected chi connectivity index (χ0v) is 12.2. The van der Waals surface area contributed by atoms with E-state index in [4.69, 9.17) is 4.74 Å². The maximum atomic E-state index is 11.9. The van der Waals surface area contributed by atoms with E-state index < -0.39 is 0 Å². The van der Waals surface area contributed by atoms with Crippen molar-refractivity contribution in [1.29, 1.82) is 0 Å². The highest BCUT2D eigenvalue weighted by Gasteiger charge is 2.06. The highest BCUT2D eigenvalue weighted by Crippen LogP contribution is 2.22. The minimum Gasteiger partial charge on any atom is -0.495 e. The Morgan fingerprint density at radius 2 is 2.00 bits per heavy atom. The molecule has 0 radical (unpaired) electrons. The van der Waals surface area contributed by atoms with Crippen molar-refractivity contribution in [2.75, 3.05) is 19.0 Å². The molecule has 5 nitrogen and oxygen atoms in total. The van der Waals surface area contributed by atoms with Crippen LogP contribution >= 0.6 is 0 Å². The molecule has 0 spiro atoms. The number of nitrogens with one attached hydrogen (secondary N) is 2. The van der Waals surface area contributed by atoms with Crippen molar-refractivity contribution in [3.63, 3.8) is 0 Å². The number of anilines is 1. The van der Waals surface area contributed by atoms with Gasteiger partial charge in [-0.1, -0.05) is 18.2 Å². The Hall–Kier alpha value is -2.40. The predicted molar refractivity (Wildman–Crippen MR) is 82.3 cm³/mol. The molecule has 1 amide bonds. The van der Waals surface area contributed by atoms with Crippen LogP contribution in [0, 0.1) is 6.92 Å². The molecule has 0 aliphatic heterocycles. The van der Waals surface area contributed by atoms with Crippen molar-refractivity contribution in [3.05, 3.63) is 53.9 Å². The minimum atomic E-state index is -0.118. The van der Waals surface area contributed by atoms with Gasteiger partial charge < -0.3 is 15.4 Å². The number of pyridine rings is 1. The summed E-state index contributed by atoms with van der Waals surface area (Å²) in [6.07, 6.45) is 0. The number of para-hydroxylation sites is 2. The number of nitrogens with zero attached hydrogens (tertiary/aromatic N) is 1. The van der Waals surface area contributed by atoms with Crippen LogP contribution in [0.2, 0.25) is 0 Å². The van der Waals surface area contributed by atoms with Gasteiger partial charge >= 0.3 is 0 Å². The van der Waals surface area contributed by atoms with E-state index in [1.165, 1.54) is 0 Å². The molecule has 5 heteroatoms. The molecule has 2 aromatic rings. The predicted octanol–water partition coefficient (Wildman–Crippen LogP) is 2.13. The number of aryl methyl sites for hydroxylation is 1. The van der Waals surface area contributed by atoms with Crippen molar-refractivity contribution < 1.29 is 9.53 Å². The third-order valence-electron chi connectivity index (χ3n) is 2.92. The molecule has 2 N–H and O–H groups in total. The summed E-state index contributed by atoms with van der Waals surface area (Å²) in [7, 11) is 1.58. The van der Waals surface area contributed by atoms with Crippen molar-refractivity contribution >= 4 is 11.6 Å². The molecule has 0 aliphatic rings. The lowest BCUT2D eigenvalue weighted by Gasteiger charge is -2.10. The SMILES string of the molecule is COc1ccccc1NC(=O)CNCc1cccc(C)n1. The van der Waals surface area contributed by atoms with Crippen LogP contribution in [0.25, 0.3) is 0 Å². The van der Waals surface area contributed by atoms with Crippen molar-refractivity contribution in [3.8, 4) is 5.75 Å². The van der Waals surface area contributed by atoms with Crippen LogP contribution in [-0.4, -0.2) is 24.5 Å². The van der Waals surface area contributed by atoms with E-state index >= 15 is 0 Å². The van der Waals surface area contributed by atoms with Gasteiger partial charge in [0.05, 0.1) is 25.0 Å². The fourth-order valence-electron chi connectivity index (χ4n) is 1.94. The van der Waals surface area contributed by atoms with E-state index in [-0.39, 0.29) is 12.5 Å². The molecule has 1 aromatic carbocycles. The first-order chi connectivity index (χ1) is 10.2. The minimum absolute atomic E-state index is 0.118. The van der Waals surface area contributed by atoms with Gasteiger partial charge in [-0.25, -0.2) is 0 Å². The van der Waals surface area contributed by atoms with E-state index in [0.29, 0.717) is 18.0 Å². The van der Waals surface area contributed by atoms with Crippen LogP contribution in [0.4, 0.5) is 5.69 Å². The number of aromatic nitrogens is 1. The topological polar surface area (TPSA) is 63.2 Å². The van der Waals surface area contributed by atoms with Gasteiger partial charge in [-0.2, -0.15) is 0 Å². The van der Waals surface area contributed by atoms with Gasteiger partial charge in [0.2, 0.25) is 5.91 Å². The van der Waals surface area contributed by atoms with Gasteiger partial charge in [0, 0.05) is 12.2 Å². The van der Waals surface area contributed by atoms with E-state index in [2.05, 4.69) is 15.6 Å². The zero-order valence-electron chi connectivity index (χ0n) is 12.2. The summed E-state index contributed by atoms with van der Waals surface area (Å²) in [4.78, 5) is 16.3. The molecular formula is C16H19N3O2. The van der Waals surface area contributed by atoms with Crippen LogP contribution in [0.5, 0.6) is 5.75 Å². The molecular weight excluding hydrogens is 266 g/mol. The number of methoxy groups -OCH3 is 1. The monoisotopic (exact) mass is 285 g/mol. The summed E-state index contributed by atoms with van der Waals surface area (Å²) >= 11 is 0. The number of hydrogen-bond acceptors (Lipinski definition) is 4. The Morgan fingerprint density at radius 1 is 1.19 bits per heavy atom. The largest absolute Gasteiger partial charge is 0.495 e. The third-order valence-corrected chi connectivity index (χ3v) is 2.92. The smallest absolute Gasteiger partial charge is 0.238 e. The Labute approximate surface area is 124 Å². The highest BCUT2D eigenvalue weighted by molar-refractivity contribution is 5.93. The summed E-state index contributed by atoms with van der Waals surface area (Å²) < 4.78 is 5.19. The standard InChI is InChI=1S/C16H19N3O2/c1-12-6-5-7-13(18-12)10-17-11-16(20)19-14-8-3-4-9-15(14)21-2/h3-9,17H,10-11H2,1-2H3,(H,19,20). The molecule has 21 heavy (non-hydrogen) atoms. The van der Waals surface area contributed by atoms with E-state index in [9.17, 15) is 4.79 Å². The van der Waals surface area contributed by atoms with Gasteiger partial charge in [0.1, 0.15) is 5.75 Å². The Morgan fingerprint density at radius 3 is 2.76 bits per heavy atom. The summed E-state index contributed by atoms with van der Waals surface area (Å²) in [5, 5.41) is 5.88. The zero-order chi connectivity index (χ0) is 15.1. The van der Waals surface area contributed by atoms with E-state index in [1.54, 1.807) is 19.2 Å². The number of ether oxygens (including phenoxy) is 1. The van der Waals surface area contributed by atoms with Crippen LogP contribution in [0.1, 0.15) is 11.4 Å². The molecule has 0 fully saturated rings. The third kappa shape index (κ3) is 4.57. The first-order valence-electron chi connectivity index (χ1n) is 6.75. The first-order valence-corrected chi connectivity index (χ1v) is 6.75. The molecule has 1 heterocycles. The molecule has 0 saturated heterocycles. The number of carbonyl (C=O) groups excluding carboxylic acids is 1. The molecule has 0 unspecified atom stereocenters. The van der Waals surface area contributed by atoms with Crippen LogP contribution < -0.4 is 15.4 Å². The summed E-state index contributed by atoms with van der Waals surface area (Å²) in [5.41, 5.74) is 2.55. The van der Waals surface area contributed by atoms with Gasteiger partial charge in [-0.3, -0.25) is 9.78 Å². The number of benzene rings is 1. The lowest BCUT2D eigenvalue weighted by molar-refractivity contribution is -0.115. The van der Waals surface area contributed by atoms with Crippen molar-refractivity contribution in [2.45, 2.75) is 13.5 Å². The van der Waals surface area contributed by atoms with Crippen LogP contribution in [0.3, 0.4) is 0 Å². The fraction of sp³-hybridized carbons (Fsp3) is 0.250. The summed E-state index contributed by atoms with van der Waals surface area (Å²) in [5.74, 6) is 0.526. The molecule has 2 rings (SSSR count). The summed E-state index contributed by atoms with van der Waals surface area (Å²) in [6.45, 7) is 2.71. The second-order valence-electron chi connectivity index (χ2n) is 4.62. The highest BCUT2D eigenvalue weighted by atomic mass is 16.5. The molecule has 0 bridgehead atoms. The van der Waals surface area contributed by atoms with Crippen LogP contribution in [0.15, 0.2) is 42.5 Å². The van der Waals surface area contributed by atoms with Gasteiger partial charge in [-0.05, 0) is 31.2 Å². The van der Waals surface area contributed by atoms with E-state index in [1.807, 2.05) is 37.3 Å². The molecule has 0 aliphatic carbocycles. The van der Waals surface area contributed by atoms with Gasteiger partial charge in [0.15, 0.2) is 0 Å². The quantitative estimate of drug-likeness (QED) is 0.853. The lowest BCUT2D eigenvalue weighted by Crippen LogP contribution is -2.28. The Balaban J connectivity index is 1.82. The average Bonchev–Trinajstić information content (AvgIpc) is 2.48. The number of amides is 1. The second kappa shape index (κ2) is 7.40. The second-order valence-corrected chi connectivity index (χ2v) is 4.62. The lowest BCUT2D eigenvalue weighted by atomic mass is 10.3. The Kier molecular flexibility index (Phi) is 5.29. The molecule has 0 saturated carbocycles. The molecule has 1 aromatic heterocycles. The van der Waals surface area contributed by atoms with Crippen LogP contribution in [-0.2, 0) is 11.3 Å². The maximum absolute atomic E-state index is 11.9. The van der Waals surface area contributed by atoms with Gasteiger partial charge in [-0.15, -0.1) is 0 Å². The van der Waals surface area contributed by atoms with E-state index in [0.717, 1.165) is 11.4 Å². The maximum Gasteiger partial charge on any atom is 0.238 e. The number of rotatable bonds is 6.